The Kier molecular flexibility index (Phi) is 7.21. The predicted octanol–water partition coefficient (Wildman–Crippen LogP) is 2.15. The van der Waals surface area contributed by atoms with Gasteiger partial charge < -0.3 is 21.1 Å². The number of ether oxygens (including phenoxy) is 1. The van der Waals surface area contributed by atoms with E-state index in [1.807, 2.05) is 24.3 Å². The number of methoxy groups -OCH3 is 1. The SMILES string of the molecule is COCCNCCc1ccc(-c2cnc(N)c(C(=O)Nc3cccnc3)n2)cc1. The third-order valence-electron chi connectivity index (χ3n) is 4.26. The fraction of sp³-hybridized carbons (Fsp3) is 0.238. The van der Waals surface area contributed by atoms with Gasteiger partial charge in [0.15, 0.2) is 11.5 Å². The molecule has 0 spiro atoms. The lowest BCUT2D eigenvalue weighted by Crippen LogP contribution is -2.21. The lowest BCUT2D eigenvalue weighted by molar-refractivity contribution is 0.102. The maximum Gasteiger partial charge on any atom is 0.278 e. The van der Waals surface area contributed by atoms with Crippen LogP contribution in [0.3, 0.4) is 0 Å². The molecule has 0 aliphatic carbocycles. The van der Waals surface area contributed by atoms with Gasteiger partial charge in [0.25, 0.3) is 5.91 Å². The fourth-order valence-corrected chi connectivity index (χ4v) is 2.71. The van der Waals surface area contributed by atoms with Crippen LogP contribution in [0.5, 0.6) is 0 Å². The van der Waals surface area contributed by atoms with E-state index in [9.17, 15) is 4.79 Å². The number of carbonyl (C=O) groups is 1. The Labute approximate surface area is 169 Å². The summed E-state index contributed by atoms with van der Waals surface area (Å²) < 4.78 is 5.01. The minimum atomic E-state index is -0.427. The van der Waals surface area contributed by atoms with Crippen molar-refractivity contribution in [2.24, 2.45) is 0 Å². The predicted molar refractivity (Wildman–Crippen MR) is 113 cm³/mol. The van der Waals surface area contributed by atoms with Crippen molar-refractivity contribution < 1.29 is 9.53 Å². The molecule has 3 aromatic rings. The zero-order chi connectivity index (χ0) is 20.5. The standard InChI is InChI=1S/C21H24N6O2/c1-29-12-11-23-10-8-15-4-6-16(7-5-15)18-14-25-20(22)19(27-18)21(28)26-17-3-2-9-24-13-17/h2-7,9,13-14,23H,8,10-12H2,1H3,(H2,22,25)(H,26,28). The quantitative estimate of drug-likeness (QED) is 0.478. The summed E-state index contributed by atoms with van der Waals surface area (Å²) in [5, 5.41) is 6.04. The lowest BCUT2D eigenvalue weighted by Gasteiger charge is -2.09. The highest BCUT2D eigenvalue weighted by Crippen LogP contribution is 2.20. The summed E-state index contributed by atoms with van der Waals surface area (Å²) in [5.41, 5.74) is 9.17. The van der Waals surface area contributed by atoms with Gasteiger partial charge >= 0.3 is 0 Å². The van der Waals surface area contributed by atoms with E-state index in [1.54, 1.807) is 37.8 Å². The number of rotatable bonds is 9. The molecule has 0 saturated heterocycles. The van der Waals surface area contributed by atoms with Gasteiger partial charge in [0.1, 0.15) is 0 Å². The van der Waals surface area contributed by atoms with E-state index in [-0.39, 0.29) is 11.5 Å². The molecular formula is C21H24N6O2. The van der Waals surface area contributed by atoms with Crippen LogP contribution >= 0.6 is 0 Å². The molecule has 0 unspecified atom stereocenters. The lowest BCUT2D eigenvalue weighted by atomic mass is 10.1. The average molecular weight is 392 g/mol. The number of benzene rings is 1. The number of hydrogen-bond donors (Lipinski definition) is 3. The molecular weight excluding hydrogens is 368 g/mol. The van der Waals surface area contributed by atoms with E-state index in [2.05, 4.69) is 25.6 Å². The van der Waals surface area contributed by atoms with Crippen LogP contribution in [-0.4, -0.2) is 47.7 Å². The zero-order valence-corrected chi connectivity index (χ0v) is 16.3. The Balaban J connectivity index is 1.68. The number of pyridine rings is 1. The summed E-state index contributed by atoms with van der Waals surface area (Å²) in [5.74, 6) is -0.350. The van der Waals surface area contributed by atoms with E-state index >= 15 is 0 Å². The van der Waals surface area contributed by atoms with Gasteiger partial charge in [0.2, 0.25) is 0 Å². The van der Waals surface area contributed by atoms with E-state index in [0.29, 0.717) is 18.0 Å². The molecule has 1 aromatic carbocycles. The topological polar surface area (TPSA) is 115 Å². The second kappa shape index (κ2) is 10.3. The van der Waals surface area contributed by atoms with E-state index < -0.39 is 5.91 Å². The smallest absolute Gasteiger partial charge is 0.278 e. The van der Waals surface area contributed by atoms with Crippen LogP contribution in [-0.2, 0) is 11.2 Å². The summed E-state index contributed by atoms with van der Waals surface area (Å²) in [4.78, 5) is 25.1. The molecule has 150 valence electrons. The molecule has 0 saturated carbocycles. The van der Waals surface area contributed by atoms with Crippen molar-refractivity contribution in [3.05, 3.63) is 66.2 Å². The summed E-state index contributed by atoms with van der Waals surface area (Å²) in [6.07, 6.45) is 5.66. The van der Waals surface area contributed by atoms with Crippen LogP contribution in [0.1, 0.15) is 16.1 Å². The van der Waals surface area contributed by atoms with Crippen LogP contribution < -0.4 is 16.4 Å². The van der Waals surface area contributed by atoms with Crippen molar-refractivity contribution in [3.63, 3.8) is 0 Å². The number of nitrogens with zero attached hydrogens (tertiary/aromatic N) is 3. The Hall–Kier alpha value is -3.36. The van der Waals surface area contributed by atoms with Gasteiger partial charge in [-0.2, -0.15) is 0 Å². The highest BCUT2D eigenvalue weighted by atomic mass is 16.5. The molecule has 3 rings (SSSR count). The highest BCUT2D eigenvalue weighted by Gasteiger charge is 2.15. The van der Waals surface area contributed by atoms with Gasteiger partial charge in [0, 0.05) is 25.4 Å². The van der Waals surface area contributed by atoms with Gasteiger partial charge in [0.05, 0.1) is 30.4 Å². The van der Waals surface area contributed by atoms with Gasteiger partial charge in [-0.25, -0.2) is 9.97 Å². The number of carbonyl (C=O) groups excluding carboxylic acids is 1. The molecule has 8 nitrogen and oxygen atoms in total. The second-order valence-corrected chi connectivity index (χ2v) is 6.37. The van der Waals surface area contributed by atoms with Crippen LogP contribution in [0.15, 0.2) is 55.0 Å². The largest absolute Gasteiger partial charge is 0.383 e. The van der Waals surface area contributed by atoms with Crippen molar-refractivity contribution >= 4 is 17.4 Å². The van der Waals surface area contributed by atoms with E-state index in [0.717, 1.165) is 25.1 Å². The molecule has 8 heteroatoms. The molecule has 0 aliphatic heterocycles. The minimum absolute atomic E-state index is 0.0777. The van der Waals surface area contributed by atoms with Crippen molar-refractivity contribution in [1.29, 1.82) is 0 Å². The maximum atomic E-state index is 12.5. The molecule has 0 fully saturated rings. The van der Waals surface area contributed by atoms with Crippen LogP contribution in [0.2, 0.25) is 0 Å². The number of aromatic nitrogens is 3. The van der Waals surface area contributed by atoms with Crippen molar-refractivity contribution in [2.75, 3.05) is 37.9 Å². The summed E-state index contributed by atoms with van der Waals surface area (Å²) in [6, 6.07) is 11.5. The number of nitrogens with one attached hydrogen (secondary N) is 2. The molecule has 0 atom stereocenters. The van der Waals surface area contributed by atoms with E-state index in [1.165, 1.54) is 5.56 Å². The highest BCUT2D eigenvalue weighted by molar-refractivity contribution is 6.05. The number of anilines is 2. The summed E-state index contributed by atoms with van der Waals surface area (Å²) in [6.45, 7) is 2.41. The van der Waals surface area contributed by atoms with Gasteiger partial charge in [-0.05, 0) is 30.7 Å². The monoisotopic (exact) mass is 392 g/mol. The molecule has 0 bridgehead atoms. The molecule has 4 N–H and O–H groups in total. The van der Waals surface area contributed by atoms with Crippen molar-refractivity contribution in [3.8, 4) is 11.3 Å². The molecule has 29 heavy (non-hydrogen) atoms. The number of nitrogen functional groups attached to an aromatic ring is 1. The number of amides is 1. The average Bonchev–Trinajstić information content (AvgIpc) is 2.75. The molecule has 2 aromatic heterocycles. The minimum Gasteiger partial charge on any atom is -0.383 e. The molecule has 0 radical (unpaired) electrons. The third-order valence-corrected chi connectivity index (χ3v) is 4.26. The van der Waals surface area contributed by atoms with Gasteiger partial charge in [-0.3, -0.25) is 9.78 Å². The third kappa shape index (κ3) is 5.81. The normalized spacial score (nSPS) is 10.7. The summed E-state index contributed by atoms with van der Waals surface area (Å²) >= 11 is 0. The molecule has 0 aliphatic rings. The van der Waals surface area contributed by atoms with Crippen LogP contribution in [0.25, 0.3) is 11.3 Å². The first-order valence-corrected chi connectivity index (χ1v) is 9.30. The van der Waals surface area contributed by atoms with Gasteiger partial charge in [-0.15, -0.1) is 0 Å². The zero-order valence-electron chi connectivity index (χ0n) is 16.3. The first-order valence-electron chi connectivity index (χ1n) is 9.30. The summed E-state index contributed by atoms with van der Waals surface area (Å²) in [7, 11) is 1.69. The Bertz CT molecular complexity index is 932. The van der Waals surface area contributed by atoms with Gasteiger partial charge in [-0.1, -0.05) is 24.3 Å². The Morgan fingerprint density at radius 3 is 2.69 bits per heavy atom. The second-order valence-electron chi connectivity index (χ2n) is 6.37. The number of hydrogen-bond acceptors (Lipinski definition) is 7. The van der Waals surface area contributed by atoms with Crippen LogP contribution in [0.4, 0.5) is 11.5 Å². The first kappa shape index (κ1) is 20.4. The fourth-order valence-electron chi connectivity index (χ4n) is 2.71. The molecule has 2 heterocycles. The maximum absolute atomic E-state index is 12.5. The van der Waals surface area contributed by atoms with Crippen molar-refractivity contribution in [1.82, 2.24) is 20.3 Å². The first-order chi connectivity index (χ1) is 14.2. The van der Waals surface area contributed by atoms with Crippen LogP contribution in [0, 0.1) is 0 Å². The Morgan fingerprint density at radius 1 is 1.14 bits per heavy atom. The molecule has 1 amide bonds. The Morgan fingerprint density at radius 2 is 1.97 bits per heavy atom. The van der Waals surface area contributed by atoms with E-state index in [4.69, 9.17) is 10.5 Å². The number of nitrogens with two attached hydrogens (primary N) is 1. The van der Waals surface area contributed by atoms with Crippen molar-refractivity contribution in [2.45, 2.75) is 6.42 Å².